The van der Waals surface area contributed by atoms with Gasteiger partial charge in [0.05, 0.1) is 37.8 Å². The van der Waals surface area contributed by atoms with Gasteiger partial charge in [-0.05, 0) is 36.6 Å². The average molecular weight is 488 g/mol. The summed E-state index contributed by atoms with van der Waals surface area (Å²) in [6.07, 6.45) is 4.07. The van der Waals surface area contributed by atoms with Gasteiger partial charge in [-0.25, -0.2) is 18.7 Å². The van der Waals surface area contributed by atoms with E-state index in [1.54, 1.807) is 0 Å². The van der Waals surface area contributed by atoms with Crippen LogP contribution in [0.1, 0.15) is 36.0 Å². The van der Waals surface area contributed by atoms with E-state index < -0.39 is 11.5 Å². The van der Waals surface area contributed by atoms with Crippen LogP contribution in [-0.4, -0.2) is 68.1 Å². The molecule has 0 atom stereocenters. The molecule has 8 nitrogen and oxygen atoms in total. The van der Waals surface area contributed by atoms with Gasteiger partial charge in [0.2, 0.25) is 5.95 Å². The lowest BCUT2D eigenvalue weighted by atomic mass is 9.95. The maximum absolute atomic E-state index is 14.9. The Kier molecular flexibility index (Phi) is 5.46. The van der Waals surface area contributed by atoms with Gasteiger partial charge in [-0.1, -0.05) is 11.6 Å². The number of rotatable bonds is 4. The van der Waals surface area contributed by atoms with E-state index in [2.05, 4.69) is 34.5 Å². The lowest BCUT2D eigenvalue weighted by molar-refractivity contribution is -0.142. The number of ether oxygens (including phenoxy) is 1. The highest BCUT2D eigenvalue weighted by molar-refractivity contribution is 6.30. The molecule has 0 saturated carbocycles. The van der Waals surface area contributed by atoms with Crippen LogP contribution in [0.15, 0.2) is 30.6 Å². The molecule has 2 saturated heterocycles. The van der Waals surface area contributed by atoms with Gasteiger partial charge in [-0.2, -0.15) is 0 Å². The third-order valence-corrected chi connectivity index (χ3v) is 7.01. The number of aromatic nitrogens is 5. The van der Waals surface area contributed by atoms with Crippen molar-refractivity contribution in [2.24, 2.45) is 0 Å². The maximum Gasteiger partial charge on any atom is 0.225 e. The van der Waals surface area contributed by atoms with Gasteiger partial charge in [-0.3, -0.25) is 9.47 Å². The zero-order valence-corrected chi connectivity index (χ0v) is 19.3. The predicted octanol–water partition coefficient (Wildman–Crippen LogP) is 3.29. The molecular formula is C23H24ClF2N7O. The van der Waals surface area contributed by atoms with Crippen LogP contribution in [0.25, 0.3) is 5.69 Å². The summed E-state index contributed by atoms with van der Waals surface area (Å²) in [5.41, 5.74) is 0.684. The van der Waals surface area contributed by atoms with Crippen LogP contribution in [0, 0.1) is 5.82 Å². The van der Waals surface area contributed by atoms with E-state index in [-0.39, 0.29) is 25.7 Å². The van der Waals surface area contributed by atoms with Crippen molar-refractivity contribution >= 4 is 17.5 Å². The lowest BCUT2D eigenvalue weighted by Crippen LogP contribution is -2.53. The first-order valence-corrected chi connectivity index (χ1v) is 11.8. The summed E-state index contributed by atoms with van der Waals surface area (Å²) in [6, 6.07) is 5.81. The van der Waals surface area contributed by atoms with Crippen LogP contribution in [0.2, 0.25) is 5.02 Å². The summed E-state index contributed by atoms with van der Waals surface area (Å²) >= 11 is 6.33. The normalized spacial score (nSPS) is 20.4. The predicted molar refractivity (Wildman–Crippen MR) is 121 cm³/mol. The smallest absolute Gasteiger partial charge is 0.225 e. The molecule has 0 spiro atoms. The molecule has 6 rings (SSSR count). The monoisotopic (exact) mass is 487 g/mol. The summed E-state index contributed by atoms with van der Waals surface area (Å²) in [5.74, 6) is 1.99. The molecule has 1 aromatic carbocycles. The van der Waals surface area contributed by atoms with Crippen molar-refractivity contribution in [3.05, 3.63) is 58.6 Å². The van der Waals surface area contributed by atoms with E-state index in [1.165, 1.54) is 12.4 Å². The van der Waals surface area contributed by atoms with E-state index in [1.807, 2.05) is 18.2 Å². The number of nitrogens with zero attached hydrogens (tertiary/aromatic N) is 7. The Labute approximate surface area is 200 Å². The molecule has 5 heterocycles. The fourth-order valence-electron chi connectivity index (χ4n) is 5.09. The molecule has 0 aliphatic carbocycles. The van der Waals surface area contributed by atoms with Crippen molar-refractivity contribution < 1.29 is 13.5 Å². The Morgan fingerprint density at radius 3 is 2.56 bits per heavy atom. The second kappa shape index (κ2) is 8.51. The molecule has 0 bridgehead atoms. The Morgan fingerprint density at radius 2 is 1.85 bits per heavy atom. The minimum absolute atomic E-state index is 0.125. The van der Waals surface area contributed by atoms with E-state index in [0.29, 0.717) is 24.1 Å². The van der Waals surface area contributed by atoms with Gasteiger partial charge in [0.1, 0.15) is 5.82 Å². The van der Waals surface area contributed by atoms with Crippen molar-refractivity contribution in [1.82, 2.24) is 29.6 Å². The maximum atomic E-state index is 14.9. The van der Waals surface area contributed by atoms with Gasteiger partial charge in [0.25, 0.3) is 0 Å². The molecule has 3 aromatic rings. The fraction of sp³-hybridized carbons (Fsp3) is 0.478. The second-order valence-electron chi connectivity index (χ2n) is 9.33. The molecule has 0 amide bonds. The number of benzene rings is 1. The van der Waals surface area contributed by atoms with E-state index in [4.69, 9.17) is 16.3 Å². The highest BCUT2D eigenvalue weighted by Gasteiger charge is 2.41. The van der Waals surface area contributed by atoms with Crippen molar-refractivity contribution in [2.45, 2.75) is 37.5 Å². The third kappa shape index (κ3) is 4.03. The molecule has 34 heavy (non-hydrogen) atoms. The summed E-state index contributed by atoms with van der Waals surface area (Å²) in [4.78, 5) is 12.3. The number of hydrogen-bond donors (Lipinski definition) is 0. The van der Waals surface area contributed by atoms with Crippen LogP contribution in [-0.2, 0) is 17.8 Å². The third-order valence-electron chi connectivity index (χ3n) is 6.77. The molecular weight excluding hydrogens is 464 g/mol. The zero-order chi connectivity index (χ0) is 23.3. The number of hydrogen-bond acceptors (Lipinski definition) is 7. The summed E-state index contributed by atoms with van der Waals surface area (Å²) < 4.78 is 35.3. The van der Waals surface area contributed by atoms with Crippen LogP contribution in [0.4, 0.5) is 14.7 Å². The standard InChI is InChI=1S/C23H24ClF2N7O/c24-17-1-2-19-16(7-17)10-31(12-23(26)13-34-14-23)11-20-29-30-21(33(19)20)15-3-5-32(6-4-15)22-27-8-18(25)9-28-22/h1-2,7-9,15H,3-6,10-14H2. The molecule has 0 unspecified atom stereocenters. The first kappa shape index (κ1) is 21.8. The van der Waals surface area contributed by atoms with Crippen molar-refractivity contribution in [1.29, 1.82) is 0 Å². The summed E-state index contributed by atoms with van der Waals surface area (Å²) in [7, 11) is 0. The molecule has 3 aliphatic heterocycles. The van der Waals surface area contributed by atoms with Crippen LogP contribution < -0.4 is 4.90 Å². The molecule has 0 radical (unpaired) electrons. The topological polar surface area (TPSA) is 72.2 Å². The number of piperidine rings is 1. The Balaban J connectivity index is 1.28. The quantitative estimate of drug-likeness (QED) is 0.559. The first-order chi connectivity index (χ1) is 16.5. The van der Waals surface area contributed by atoms with Gasteiger partial charge >= 0.3 is 0 Å². The molecule has 2 fully saturated rings. The van der Waals surface area contributed by atoms with Crippen LogP contribution >= 0.6 is 11.6 Å². The zero-order valence-electron chi connectivity index (χ0n) is 18.5. The Bertz CT molecular complexity index is 1190. The first-order valence-electron chi connectivity index (χ1n) is 11.4. The second-order valence-corrected chi connectivity index (χ2v) is 9.77. The van der Waals surface area contributed by atoms with E-state index in [9.17, 15) is 8.78 Å². The van der Waals surface area contributed by atoms with Gasteiger partial charge in [0.15, 0.2) is 17.3 Å². The molecule has 11 heteroatoms. The van der Waals surface area contributed by atoms with Crippen molar-refractivity contribution in [3.63, 3.8) is 0 Å². The van der Waals surface area contributed by atoms with E-state index in [0.717, 1.165) is 48.8 Å². The van der Waals surface area contributed by atoms with Gasteiger partial charge in [0, 0.05) is 37.1 Å². The summed E-state index contributed by atoms with van der Waals surface area (Å²) in [5, 5.41) is 9.77. The number of fused-ring (bicyclic) bond motifs is 3. The lowest BCUT2D eigenvalue weighted by Gasteiger charge is -2.37. The van der Waals surface area contributed by atoms with Gasteiger partial charge in [-0.15, -0.1) is 10.2 Å². The number of anilines is 1. The fourth-order valence-corrected chi connectivity index (χ4v) is 5.28. The van der Waals surface area contributed by atoms with E-state index >= 15 is 0 Å². The average Bonchev–Trinajstić information content (AvgIpc) is 3.15. The molecule has 178 valence electrons. The number of alkyl halides is 1. The van der Waals surface area contributed by atoms with Gasteiger partial charge < -0.3 is 9.64 Å². The summed E-state index contributed by atoms with van der Waals surface area (Å²) in [6.45, 7) is 3.07. The minimum Gasteiger partial charge on any atom is -0.375 e. The SMILES string of the molecule is Fc1cnc(N2CCC(c3nnc4n3-c3ccc(Cl)cc3CN(CC3(F)COC3)C4)CC2)nc1. The molecule has 2 aromatic heterocycles. The molecule has 3 aliphatic rings. The largest absolute Gasteiger partial charge is 0.375 e. The van der Waals surface area contributed by atoms with Crippen molar-refractivity contribution in [3.8, 4) is 5.69 Å². The highest BCUT2D eigenvalue weighted by Crippen LogP contribution is 2.35. The Morgan fingerprint density at radius 1 is 1.09 bits per heavy atom. The van der Waals surface area contributed by atoms with Crippen molar-refractivity contribution in [2.75, 3.05) is 37.7 Å². The highest BCUT2D eigenvalue weighted by atomic mass is 35.5. The van der Waals surface area contributed by atoms with Crippen LogP contribution in [0.5, 0.6) is 0 Å². The minimum atomic E-state index is -1.33. The van der Waals surface area contributed by atoms with Crippen LogP contribution in [0.3, 0.4) is 0 Å². The number of halogens is 3. The Hall–Kier alpha value is -2.69. The molecule has 0 N–H and O–H groups in total.